The predicted molar refractivity (Wildman–Crippen MR) is 90.1 cm³/mol. The zero-order valence-electron chi connectivity index (χ0n) is 12.1. The number of hydrogen-bond acceptors (Lipinski definition) is 4. The Morgan fingerprint density at radius 2 is 2.14 bits per heavy atom. The van der Waals surface area contributed by atoms with Crippen LogP contribution in [0.5, 0.6) is 0 Å². The van der Waals surface area contributed by atoms with E-state index in [1.807, 2.05) is 6.07 Å². The lowest BCUT2D eigenvalue weighted by Crippen LogP contribution is -2.38. The summed E-state index contributed by atoms with van der Waals surface area (Å²) in [5, 5.41) is 7.26. The highest BCUT2D eigenvalue weighted by Crippen LogP contribution is 2.25. The molecule has 0 amide bonds. The largest absolute Gasteiger partial charge is 0.360 e. The van der Waals surface area contributed by atoms with Gasteiger partial charge < -0.3 is 15.5 Å². The fourth-order valence-corrected chi connectivity index (χ4v) is 3.03. The van der Waals surface area contributed by atoms with Crippen LogP contribution in [0.15, 0.2) is 6.07 Å². The van der Waals surface area contributed by atoms with Crippen molar-refractivity contribution in [2.24, 2.45) is 0 Å². The van der Waals surface area contributed by atoms with Crippen molar-refractivity contribution in [1.29, 1.82) is 0 Å². The Morgan fingerprint density at radius 1 is 1.33 bits per heavy atom. The van der Waals surface area contributed by atoms with Crippen LogP contribution in [0.3, 0.4) is 0 Å². The van der Waals surface area contributed by atoms with E-state index < -0.39 is 0 Å². The van der Waals surface area contributed by atoms with Crippen molar-refractivity contribution in [2.45, 2.75) is 51.1 Å². The van der Waals surface area contributed by atoms with Crippen LogP contribution in [0, 0.1) is 0 Å². The summed E-state index contributed by atoms with van der Waals surface area (Å²) in [6, 6.07) is 2.81. The SMILES string of the molecule is C[C@@H]1CCCCN1c1cc(Cl)nc(NC(=S)NC2CC2)n1. The quantitative estimate of drug-likeness (QED) is 0.658. The van der Waals surface area contributed by atoms with E-state index in [0.717, 1.165) is 12.4 Å². The molecule has 1 aromatic rings. The number of nitrogens with one attached hydrogen (secondary N) is 2. The zero-order chi connectivity index (χ0) is 14.8. The molecule has 0 unspecified atom stereocenters. The zero-order valence-corrected chi connectivity index (χ0v) is 13.7. The first-order valence-corrected chi connectivity index (χ1v) is 8.29. The molecule has 0 spiro atoms. The van der Waals surface area contributed by atoms with E-state index in [2.05, 4.69) is 32.4 Å². The number of rotatable bonds is 3. The third-order valence-corrected chi connectivity index (χ3v) is 4.33. The van der Waals surface area contributed by atoms with Crippen molar-refractivity contribution in [2.75, 3.05) is 16.8 Å². The average molecular weight is 326 g/mol. The van der Waals surface area contributed by atoms with Crippen molar-refractivity contribution in [3.05, 3.63) is 11.2 Å². The van der Waals surface area contributed by atoms with Gasteiger partial charge in [-0.1, -0.05) is 11.6 Å². The third kappa shape index (κ3) is 3.95. The molecule has 114 valence electrons. The molecule has 2 heterocycles. The minimum atomic E-state index is 0.439. The lowest BCUT2D eigenvalue weighted by Gasteiger charge is -2.34. The molecule has 5 nitrogen and oxygen atoms in total. The van der Waals surface area contributed by atoms with Gasteiger partial charge in [0.1, 0.15) is 11.0 Å². The van der Waals surface area contributed by atoms with Gasteiger partial charge in [0.2, 0.25) is 5.95 Å². The topological polar surface area (TPSA) is 53.1 Å². The Bertz CT molecular complexity index is 534. The maximum atomic E-state index is 6.14. The molecule has 1 saturated heterocycles. The molecule has 2 aliphatic rings. The van der Waals surface area contributed by atoms with Gasteiger partial charge in [-0.25, -0.2) is 4.98 Å². The Balaban J connectivity index is 1.73. The second-order valence-corrected chi connectivity index (χ2v) is 6.58. The van der Waals surface area contributed by atoms with E-state index in [1.165, 1.54) is 32.1 Å². The molecule has 1 aliphatic carbocycles. The summed E-state index contributed by atoms with van der Waals surface area (Å²) in [6.45, 7) is 3.24. The van der Waals surface area contributed by atoms with Crippen LogP contribution in [-0.2, 0) is 0 Å². The molecule has 2 N–H and O–H groups in total. The van der Waals surface area contributed by atoms with Crippen LogP contribution >= 0.6 is 23.8 Å². The van der Waals surface area contributed by atoms with Gasteiger partial charge in [0.15, 0.2) is 5.11 Å². The summed E-state index contributed by atoms with van der Waals surface area (Å²) in [5.41, 5.74) is 0. The highest BCUT2D eigenvalue weighted by Gasteiger charge is 2.23. The van der Waals surface area contributed by atoms with Crippen molar-refractivity contribution in [3.8, 4) is 0 Å². The number of aromatic nitrogens is 2. The minimum Gasteiger partial charge on any atom is -0.360 e. The number of piperidine rings is 1. The molecule has 0 radical (unpaired) electrons. The van der Waals surface area contributed by atoms with E-state index >= 15 is 0 Å². The van der Waals surface area contributed by atoms with Gasteiger partial charge >= 0.3 is 0 Å². The van der Waals surface area contributed by atoms with E-state index in [-0.39, 0.29) is 0 Å². The summed E-state index contributed by atoms with van der Waals surface area (Å²) in [7, 11) is 0. The molecule has 1 saturated carbocycles. The number of halogens is 1. The molecular formula is C14H20ClN5S. The third-order valence-electron chi connectivity index (χ3n) is 3.92. The van der Waals surface area contributed by atoms with Crippen LogP contribution < -0.4 is 15.5 Å². The Morgan fingerprint density at radius 3 is 2.86 bits per heavy atom. The Hall–Kier alpha value is -1.14. The lowest BCUT2D eigenvalue weighted by atomic mass is 10.0. The van der Waals surface area contributed by atoms with Gasteiger partial charge in [-0.3, -0.25) is 0 Å². The first-order chi connectivity index (χ1) is 10.1. The van der Waals surface area contributed by atoms with Crippen LogP contribution in [0.1, 0.15) is 39.0 Å². The van der Waals surface area contributed by atoms with Crippen LogP contribution in [0.25, 0.3) is 0 Å². The Labute approximate surface area is 135 Å². The standard InChI is InChI=1S/C14H20ClN5S/c1-9-4-2-3-7-20(9)12-8-11(15)17-13(18-12)19-14(21)16-10-5-6-10/h8-10H,2-7H2,1H3,(H2,16,17,18,19,21)/t9-/m1/s1. The van der Waals surface area contributed by atoms with Crippen molar-refractivity contribution < 1.29 is 0 Å². The average Bonchev–Trinajstić information content (AvgIpc) is 3.22. The molecule has 0 aromatic carbocycles. The predicted octanol–water partition coefficient (Wildman–Crippen LogP) is 2.96. The van der Waals surface area contributed by atoms with Crippen LogP contribution in [0.4, 0.5) is 11.8 Å². The highest BCUT2D eigenvalue weighted by atomic mass is 35.5. The Kier molecular flexibility index (Phi) is 4.45. The summed E-state index contributed by atoms with van der Waals surface area (Å²) in [5.74, 6) is 1.34. The fourth-order valence-electron chi connectivity index (χ4n) is 2.60. The summed E-state index contributed by atoms with van der Waals surface area (Å²) < 4.78 is 0. The molecule has 1 atom stereocenters. The molecule has 2 fully saturated rings. The maximum absolute atomic E-state index is 6.14. The molecular weight excluding hydrogens is 306 g/mol. The van der Waals surface area contributed by atoms with Crippen molar-refractivity contribution in [3.63, 3.8) is 0 Å². The molecule has 21 heavy (non-hydrogen) atoms. The van der Waals surface area contributed by atoms with Gasteiger partial charge in [-0.2, -0.15) is 4.98 Å². The normalized spacial score (nSPS) is 22.0. The van der Waals surface area contributed by atoms with E-state index in [4.69, 9.17) is 23.8 Å². The first-order valence-electron chi connectivity index (χ1n) is 7.50. The van der Waals surface area contributed by atoms with Crippen molar-refractivity contribution >= 4 is 40.7 Å². The lowest BCUT2D eigenvalue weighted by molar-refractivity contribution is 0.481. The first kappa shape index (κ1) is 14.8. The van der Waals surface area contributed by atoms with E-state index in [0.29, 0.717) is 28.3 Å². The minimum absolute atomic E-state index is 0.439. The number of nitrogens with zero attached hydrogens (tertiary/aromatic N) is 3. The highest BCUT2D eigenvalue weighted by molar-refractivity contribution is 7.80. The fraction of sp³-hybridized carbons (Fsp3) is 0.643. The number of thiocarbonyl (C=S) groups is 1. The number of hydrogen-bond donors (Lipinski definition) is 2. The second kappa shape index (κ2) is 6.32. The second-order valence-electron chi connectivity index (χ2n) is 5.78. The summed E-state index contributed by atoms with van der Waals surface area (Å²) in [6.07, 6.45) is 6.00. The molecule has 7 heteroatoms. The van der Waals surface area contributed by atoms with Crippen LogP contribution in [-0.4, -0.2) is 33.7 Å². The molecule has 1 aliphatic heterocycles. The van der Waals surface area contributed by atoms with Gasteiger partial charge in [-0.05, 0) is 51.2 Å². The monoisotopic (exact) mass is 325 g/mol. The van der Waals surface area contributed by atoms with Gasteiger partial charge in [0.05, 0.1) is 0 Å². The smallest absolute Gasteiger partial charge is 0.232 e. The summed E-state index contributed by atoms with van der Waals surface area (Å²) in [4.78, 5) is 11.1. The summed E-state index contributed by atoms with van der Waals surface area (Å²) >= 11 is 11.4. The molecule has 3 rings (SSSR count). The van der Waals surface area contributed by atoms with Gasteiger partial charge in [0.25, 0.3) is 0 Å². The molecule has 0 bridgehead atoms. The maximum Gasteiger partial charge on any atom is 0.232 e. The van der Waals surface area contributed by atoms with E-state index in [9.17, 15) is 0 Å². The van der Waals surface area contributed by atoms with Crippen molar-refractivity contribution in [1.82, 2.24) is 15.3 Å². The van der Waals surface area contributed by atoms with Gasteiger partial charge in [-0.15, -0.1) is 0 Å². The molecule has 1 aromatic heterocycles. The van der Waals surface area contributed by atoms with Crippen LogP contribution in [0.2, 0.25) is 5.15 Å². The van der Waals surface area contributed by atoms with E-state index in [1.54, 1.807) is 0 Å². The van der Waals surface area contributed by atoms with Gasteiger partial charge in [0, 0.05) is 24.7 Å². The number of anilines is 2.